The van der Waals surface area contributed by atoms with Crippen LogP contribution in [0, 0.1) is 6.92 Å². The number of nitrogens with one attached hydrogen (secondary N) is 1. The van der Waals surface area contributed by atoms with Crippen molar-refractivity contribution in [3.63, 3.8) is 0 Å². The highest BCUT2D eigenvalue weighted by atomic mass is 32.1. The summed E-state index contributed by atoms with van der Waals surface area (Å²) in [5.41, 5.74) is 3.33. The lowest BCUT2D eigenvalue weighted by Crippen LogP contribution is -2.33. The molecule has 4 aromatic rings. The van der Waals surface area contributed by atoms with Crippen LogP contribution in [0.4, 0.5) is 5.69 Å². The first-order chi connectivity index (χ1) is 15.2. The lowest BCUT2D eigenvalue weighted by molar-refractivity contribution is 0.360. The van der Waals surface area contributed by atoms with Gasteiger partial charge in [-0.2, -0.15) is 0 Å². The second kappa shape index (κ2) is 9.96. The van der Waals surface area contributed by atoms with Crippen molar-refractivity contribution in [3.8, 4) is 11.5 Å². The number of hydrogen-bond acceptors (Lipinski definition) is 3. The summed E-state index contributed by atoms with van der Waals surface area (Å²) in [6.07, 6.45) is 1.68. The Kier molecular flexibility index (Phi) is 6.65. The van der Waals surface area contributed by atoms with Gasteiger partial charge in [0.05, 0.1) is 12.8 Å². The van der Waals surface area contributed by atoms with Gasteiger partial charge in [-0.3, -0.25) is 0 Å². The van der Waals surface area contributed by atoms with E-state index in [1.165, 1.54) is 11.1 Å². The number of aryl methyl sites for hydroxylation is 1. The monoisotopic (exact) mass is 428 g/mol. The molecule has 0 radical (unpaired) electrons. The predicted octanol–water partition coefficient (Wildman–Crippen LogP) is 6.78. The Labute approximate surface area is 188 Å². The quantitative estimate of drug-likeness (QED) is 0.328. The molecule has 0 aliphatic carbocycles. The number of nitrogens with zero attached hydrogens (tertiary/aromatic N) is 1. The van der Waals surface area contributed by atoms with E-state index in [0.717, 1.165) is 22.9 Å². The summed E-state index contributed by atoms with van der Waals surface area (Å²) in [7, 11) is 0. The zero-order chi connectivity index (χ0) is 21.5. The first-order valence-corrected chi connectivity index (χ1v) is 10.5. The van der Waals surface area contributed by atoms with Gasteiger partial charge in [-0.05, 0) is 73.2 Å². The van der Waals surface area contributed by atoms with Crippen molar-refractivity contribution in [2.75, 3.05) is 5.32 Å². The van der Waals surface area contributed by atoms with E-state index in [1.807, 2.05) is 66.7 Å². The Morgan fingerprint density at radius 1 is 0.839 bits per heavy atom. The molecule has 0 amide bonds. The SMILES string of the molecule is Cc1ccc(CN(Cc2ccco2)C(=S)Nc2ccc(Oc3ccccc3)cc2)cc1. The van der Waals surface area contributed by atoms with Gasteiger partial charge >= 0.3 is 0 Å². The van der Waals surface area contributed by atoms with E-state index in [-0.39, 0.29) is 0 Å². The second-order valence-corrected chi connectivity index (χ2v) is 7.68. The maximum Gasteiger partial charge on any atom is 0.174 e. The van der Waals surface area contributed by atoms with Gasteiger partial charge < -0.3 is 19.4 Å². The maximum atomic E-state index is 5.86. The van der Waals surface area contributed by atoms with Crippen molar-refractivity contribution in [1.29, 1.82) is 0 Å². The first-order valence-electron chi connectivity index (χ1n) is 10.1. The second-order valence-electron chi connectivity index (χ2n) is 7.29. The molecule has 0 saturated heterocycles. The molecule has 0 saturated carbocycles. The van der Waals surface area contributed by atoms with Crippen molar-refractivity contribution in [2.24, 2.45) is 0 Å². The molecule has 3 aromatic carbocycles. The molecule has 5 heteroatoms. The van der Waals surface area contributed by atoms with E-state index in [9.17, 15) is 0 Å². The summed E-state index contributed by atoms with van der Waals surface area (Å²) in [6, 6.07) is 29.8. The van der Waals surface area contributed by atoms with Crippen molar-refractivity contribution >= 4 is 23.0 Å². The Morgan fingerprint density at radius 2 is 1.55 bits per heavy atom. The molecular weight excluding hydrogens is 404 g/mol. The first kappa shape index (κ1) is 20.7. The molecular formula is C26H24N2O2S. The fraction of sp³-hybridized carbons (Fsp3) is 0.115. The summed E-state index contributed by atoms with van der Waals surface area (Å²) in [4.78, 5) is 2.09. The Balaban J connectivity index is 1.44. The molecule has 31 heavy (non-hydrogen) atoms. The summed E-state index contributed by atoms with van der Waals surface area (Å²) in [5, 5.41) is 3.97. The largest absolute Gasteiger partial charge is 0.467 e. The number of hydrogen-bond donors (Lipinski definition) is 1. The van der Waals surface area contributed by atoms with Crippen LogP contribution in [-0.2, 0) is 13.1 Å². The van der Waals surface area contributed by atoms with E-state index in [0.29, 0.717) is 18.2 Å². The van der Waals surface area contributed by atoms with Gasteiger partial charge in [0, 0.05) is 12.2 Å². The molecule has 0 bridgehead atoms. The van der Waals surface area contributed by atoms with Crippen molar-refractivity contribution in [3.05, 3.63) is 114 Å². The zero-order valence-corrected chi connectivity index (χ0v) is 18.1. The number of thiocarbonyl (C=S) groups is 1. The van der Waals surface area contributed by atoms with Crippen LogP contribution in [0.25, 0.3) is 0 Å². The minimum absolute atomic E-state index is 0.585. The minimum Gasteiger partial charge on any atom is -0.467 e. The van der Waals surface area contributed by atoms with Gasteiger partial charge in [0.15, 0.2) is 5.11 Å². The smallest absolute Gasteiger partial charge is 0.174 e. The molecule has 1 aromatic heterocycles. The molecule has 0 atom stereocenters. The van der Waals surface area contributed by atoms with Crippen molar-refractivity contribution in [2.45, 2.75) is 20.0 Å². The van der Waals surface area contributed by atoms with E-state index in [4.69, 9.17) is 21.4 Å². The van der Waals surface area contributed by atoms with Gasteiger partial charge in [-0.1, -0.05) is 48.0 Å². The average molecular weight is 429 g/mol. The van der Waals surface area contributed by atoms with Gasteiger partial charge in [0.25, 0.3) is 0 Å². The maximum absolute atomic E-state index is 5.86. The third-order valence-corrected chi connectivity index (χ3v) is 5.15. The van der Waals surface area contributed by atoms with Crippen LogP contribution in [-0.4, -0.2) is 10.0 Å². The highest BCUT2D eigenvalue weighted by Gasteiger charge is 2.13. The molecule has 0 aliphatic rings. The number of rotatable bonds is 7. The summed E-state index contributed by atoms with van der Waals surface area (Å²) in [6.45, 7) is 3.35. The molecule has 0 spiro atoms. The third kappa shape index (κ3) is 5.96. The van der Waals surface area contributed by atoms with Crippen LogP contribution in [0.15, 0.2) is 102 Å². The van der Waals surface area contributed by atoms with E-state index in [2.05, 4.69) is 41.4 Å². The number of para-hydroxylation sites is 1. The van der Waals surface area contributed by atoms with Gasteiger partial charge in [-0.25, -0.2) is 0 Å². The highest BCUT2D eigenvalue weighted by molar-refractivity contribution is 7.80. The van der Waals surface area contributed by atoms with E-state index in [1.54, 1.807) is 6.26 Å². The lowest BCUT2D eigenvalue weighted by atomic mass is 10.1. The molecule has 4 rings (SSSR count). The Morgan fingerprint density at radius 3 is 2.23 bits per heavy atom. The minimum atomic E-state index is 0.585. The fourth-order valence-corrected chi connectivity index (χ4v) is 3.38. The number of anilines is 1. The number of benzene rings is 3. The average Bonchev–Trinajstić information content (AvgIpc) is 3.30. The van der Waals surface area contributed by atoms with Crippen LogP contribution < -0.4 is 10.1 Å². The lowest BCUT2D eigenvalue weighted by Gasteiger charge is -2.25. The van der Waals surface area contributed by atoms with Crippen LogP contribution >= 0.6 is 12.2 Å². The summed E-state index contributed by atoms with van der Waals surface area (Å²) in [5.74, 6) is 2.44. The van der Waals surface area contributed by atoms with Crippen LogP contribution in [0.2, 0.25) is 0 Å². The molecule has 0 aliphatic heterocycles. The molecule has 4 nitrogen and oxygen atoms in total. The normalized spacial score (nSPS) is 10.5. The summed E-state index contributed by atoms with van der Waals surface area (Å²) >= 11 is 5.74. The van der Waals surface area contributed by atoms with E-state index >= 15 is 0 Å². The van der Waals surface area contributed by atoms with Gasteiger partial charge in [0.1, 0.15) is 17.3 Å². The Hall–Kier alpha value is -3.57. The third-order valence-electron chi connectivity index (χ3n) is 4.79. The molecule has 156 valence electrons. The standard InChI is InChI=1S/C26H24N2O2S/c1-20-9-11-21(12-10-20)18-28(19-25-8-5-17-29-25)26(31)27-22-13-15-24(16-14-22)30-23-6-3-2-4-7-23/h2-17H,18-19H2,1H3,(H,27,31). The molecule has 0 fully saturated rings. The van der Waals surface area contributed by atoms with Crippen LogP contribution in [0.1, 0.15) is 16.9 Å². The van der Waals surface area contributed by atoms with Crippen LogP contribution in [0.5, 0.6) is 11.5 Å². The Bertz CT molecular complexity index is 1090. The van der Waals surface area contributed by atoms with E-state index < -0.39 is 0 Å². The molecule has 1 N–H and O–H groups in total. The van der Waals surface area contributed by atoms with Gasteiger partial charge in [-0.15, -0.1) is 0 Å². The summed E-state index contributed by atoms with van der Waals surface area (Å²) < 4.78 is 11.4. The fourth-order valence-electron chi connectivity index (χ4n) is 3.14. The van der Waals surface area contributed by atoms with Crippen molar-refractivity contribution in [1.82, 2.24) is 4.90 Å². The van der Waals surface area contributed by atoms with Crippen molar-refractivity contribution < 1.29 is 9.15 Å². The topological polar surface area (TPSA) is 37.6 Å². The number of furan rings is 1. The zero-order valence-electron chi connectivity index (χ0n) is 17.3. The molecule has 1 heterocycles. The molecule has 0 unspecified atom stereocenters. The highest BCUT2D eigenvalue weighted by Crippen LogP contribution is 2.23. The predicted molar refractivity (Wildman–Crippen MR) is 128 cm³/mol. The van der Waals surface area contributed by atoms with Crippen LogP contribution in [0.3, 0.4) is 0 Å². The van der Waals surface area contributed by atoms with Gasteiger partial charge in [0.2, 0.25) is 0 Å². The number of ether oxygens (including phenoxy) is 1.